The maximum absolute atomic E-state index is 13.6. The van der Waals surface area contributed by atoms with Crippen LogP contribution < -0.4 is 15.4 Å². The van der Waals surface area contributed by atoms with Crippen LogP contribution in [-0.4, -0.2) is 55.3 Å². The van der Waals surface area contributed by atoms with E-state index in [1.165, 1.54) is 18.2 Å². The number of nitrogens with one attached hydrogen (secondary N) is 3. The lowest BCUT2D eigenvalue weighted by Gasteiger charge is -2.26. The molecule has 0 fully saturated rings. The second-order valence-electron chi connectivity index (χ2n) is 11.4. The van der Waals surface area contributed by atoms with E-state index in [1.807, 2.05) is 60.7 Å². The molecule has 0 unspecified atom stereocenters. The Balaban J connectivity index is 1.90. The van der Waals surface area contributed by atoms with Gasteiger partial charge >= 0.3 is 5.97 Å². The first kappa shape index (κ1) is 33.3. The number of sulfonamides is 1. The van der Waals surface area contributed by atoms with Crippen LogP contribution in [-0.2, 0) is 26.0 Å². The first-order valence-electron chi connectivity index (χ1n) is 13.8. The number of benzene rings is 3. The Labute approximate surface area is 252 Å². The maximum atomic E-state index is 13.6. The Bertz CT molecular complexity index is 1520. The number of ether oxygens (including phenoxy) is 1. The zero-order chi connectivity index (χ0) is 31.8. The van der Waals surface area contributed by atoms with Gasteiger partial charge in [0.05, 0.1) is 36.6 Å². The zero-order valence-corrected chi connectivity index (χ0v) is 25.8. The molecule has 0 saturated heterocycles. The van der Waals surface area contributed by atoms with E-state index < -0.39 is 45.6 Å². The first-order chi connectivity index (χ1) is 20.1. The minimum atomic E-state index is -3.74. The van der Waals surface area contributed by atoms with E-state index in [1.54, 1.807) is 27.7 Å². The van der Waals surface area contributed by atoms with Gasteiger partial charge in [-0.15, -0.1) is 0 Å². The SMILES string of the molecule is C[C@@H](NC(=O)c1cc(NS(C)(=O)=O)cc(C(=O)N[C@@H](Cc2ccccc2)[C@@H](O)CC(=O)OC(C)(C)C)c1)c1ccccc1. The molecule has 3 rings (SSSR count). The lowest BCUT2D eigenvalue weighted by atomic mass is 9.98. The van der Waals surface area contributed by atoms with Crippen molar-refractivity contribution in [2.45, 2.75) is 64.3 Å². The van der Waals surface area contributed by atoms with E-state index >= 15 is 0 Å². The standard InChI is InChI=1S/C32H39N3O7S/c1-21(23-14-10-7-11-15-23)33-30(38)24-17-25(19-26(18-24)35-43(5,40)41)31(39)34-27(16-22-12-8-6-9-13-22)28(36)20-29(37)42-32(2,3)4/h6-15,17-19,21,27-28,35-36H,16,20H2,1-5H3,(H,33,38)(H,34,39)/t21-,27+,28+/m1/s1. The molecule has 0 heterocycles. The lowest BCUT2D eigenvalue weighted by molar-refractivity contribution is -0.157. The van der Waals surface area contributed by atoms with E-state index in [0.717, 1.165) is 17.4 Å². The quantitative estimate of drug-likeness (QED) is 0.227. The molecule has 0 aromatic heterocycles. The van der Waals surface area contributed by atoms with Crippen molar-refractivity contribution in [3.8, 4) is 0 Å². The van der Waals surface area contributed by atoms with Gasteiger partial charge in [0.1, 0.15) is 5.60 Å². The van der Waals surface area contributed by atoms with Crippen LogP contribution in [0.5, 0.6) is 0 Å². The number of amides is 2. The van der Waals surface area contributed by atoms with Gasteiger partial charge in [-0.25, -0.2) is 8.42 Å². The Morgan fingerprint density at radius 1 is 0.860 bits per heavy atom. The van der Waals surface area contributed by atoms with Gasteiger partial charge in [0.2, 0.25) is 10.0 Å². The Morgan fingerprint density at radius 3 is 1.93 bits per heavy atom. The molecule has 3 aromatic carbocycles. The van der Waals surface area contributed by atoms with E-state index in [-0.39, 0.29) is 35.7 Å². The van der Waals surface area contributed by atoms with Crippen molar-refractivity contribution in [3.05, 3.63) is 101 Å². The van der Waals surface area contributed by atoms with Crippen molar-refractivity contribution in [2.24, 2.45) is 0 Å². The van der Waals surface area contributed by atoms with Crippen molar-refractivity contribution in [1.29, 1.82) is 0 Å². The molecule has 0 aliphatic rings. The number of rotatable bonds is 12. The molecule has 2 amide bonds. The summed E-state index contributed by atoms with van der Waals surface area (Å²) in [6, 6.07) is 21.1. The third kappa shape index (κ3) is 11.2. The highest BCUT2D eigenvalue weighted by atomic mass is 32.2. The van der Waals surface area contributed by atoms with Gasteiger partial charge in [-0.1, -0.05) is 60.7 Å². The molecule has 230 valence electrons. The van der Waals surface area contributed by atoms with Crippen molar-refractivity contribution in [2.75, 3.05) is 11.0 Å². The van der Waals surface area contributed by atoms with Crippen molar-refractivity contribution in [1.82, 2.24) is 10.6 Å². The van der Waals surface area contributed by atoms with Gasteiger partial charge in [-0.05, 0) is 63.4 Å². The molecule has 4 N–H and O–H groups in total. The van der Waals surface area contributed by atoms with Crippen molar-refractivity contribution in [3.63, 3.8) is 0 Å². The van der Waals surface area contributed by atoms with Gasteiger partial charge < -0.3 is 20.5 Å². The van der Waals surface area contributed by atoms with Crippen LogP contribution in [0.2, 0.25) is 0 Å². The lowest BCUT2D eigenvalue weighted by Crippen LogP contribution is -2.46. The number of hydrogen-bond donors (Lipinski definition) is 4. The summed E-state index contributed by atoms with van der Waals surface area (Å²) in [6.45, 7) is 6.95. The fraction of sp³-hybridized carbons (Fsp3) is 0.344. The minimum absolute atomic E-state index is 0.0153. The van der Waals surface area contributed by atoms with Crippen LogP contribution in [0.4, 0.5) is 5.69 Å². The molecule has 0 spiro atoms. The summed E-state index contributed by atoms with van der Waals surface area (Å²) < 4.78 is 31.7. The summed E-state index contributed by atoms with van der Waals surface area (Å²) in [5.41, 5.74) is 0.961. The number of esters is 1. The number of hydrogen-bond acceptors (Lipinski definition) is 7. The van der Waals surface area contributed by atoms with Crippen LogP contribution in [0.1, 0.15) is 72.0 Å². The van der Waals surface area contributed by atoms with Gasteiger partial charge in [0.15, 0.2) is 0 Å². The summed E-state index contributed by atoms with van der Waals surface area (Å²) in [7, 11) is -3.74. The van der Waals surface area contributed by atoms with Crippen molar-refractivity contribution >= 4 is 33.5 Å². The average molecular weight is 610 g/mol. The molecule has 43 heavy (non-hydrogen) atoms. The topological polar surface area (TPSA) is 151 Å². The second kappa shape index (κ2) is 14.3. The second-order valence-corrected chi connectivity index (χ2v) is 13.2. The highest BCUT2D eigenvalue weighted by Gasteiger charge is 2.28. The number of anilines is 1. The predicted octanol–water partition coefficient (Wildman–Crippen LogP) is 3.98. The van der Waals surface area contributed by atoms with Crippen LogP contribution in [0, 0.1) is 0 Å². The monoisotopic (exact) mass is 609 g/mol. The molecule has 10 nitrogen and oxygen atoms in total. The number of aliphatic hydroxyl groups excluding tert-OH is 1. The van der Waals surface area contributed by atoms with E-state index in [2.05, 4.69) is 15.4 Å². The van der Waals surface area contributed by atoms with Crippen molar-refractivity contribution < 1.29 is 32.6 Å². The smallest absolute Gasteiger partial charge is 0.309 e. The number of carbonyl (C=O) groups excluding carboxylic acids is 3. The number of carbonyl (C=O) groups is 3. The van der Waals surface area contributed by atoms with E-state index in [4.69, 9.17) is 4.74 Å². The van der Waals surface area contributed by atoms with Crippen LogP contribution in [0.15, 0.2) is 78.9 Å². The molecule has 3 aromatic rings. The molecular formula is C32H39N3O7S. The maximum Gasteiger partial charge on any atom is 0.309 e. The fourth-order valence-corrected chi connectivity index (χ4v) is 4.91. The highest BCUT2D eigenvalue weighted by molar-refractivity contribution is 7.92. The summed E-state index contributed by atoms with van der Waals surface area (Å²) in [5.74, 6) is -1.82. The Kier molecular flexibility index (Phi) is 11.1. The molecule has 0 aliphatic heterocycles. The normalized spacial score (nSPS) is 13.7. The third-order valence-corrected chi connectivity index (χ3v) is 6.89. The predicted molar refractivity (Wildman–Crippen MR) is 165 cm³/mol. The Hall–Kier alpha value is -4.22. The molecule has 11 heteroatoms. The Morgan fingerprint density at radius 2 is 1.40 bits per heavy atom. The molecule has 0 aliphatic carbocycles. The summed E-state index contributed by atoms with van der Waals surface area (Å²) in [5, 5.41) is 16.6. The zero-order valence-electron chi connectivity index (χ0n) is 25.0. The molecule has 0 bridgehead atoms. The van der Waals surface area contributed by atoms with Crippen LogP contribution >= 0.6 is 0 Å². The van der Waals surface area contributed by atoms with E-state index in [0.29, 0.717) is 0 Å². The third-order valence-electron chi connectivity index (χ3n) is 6.28. The van der Waals surface area contributed by atoms with Gasteiger partial charge in [0, 0.05) is 11.1 Å². The highest BCUT2D eigenvalue weighted by Crippen LogP contribution is 2.20. The number of aliphatic hydroxyl groups is 1. The summed E-state index contributed by atoms with van der Waals surface area (Å²) >= 11 is 0. The van der Waals surface area contributed by atoms with Gasteiger partial charge in [-0.3, -0.25) is 19.1 Å². The van der Waals surface area contributed by atoms with Crippen LogP contribution in [0.3, 0.4) is 0 Å². The van der Waals surface area contributed by atoms with E-state index in [9.17, 15) is 27.9 Å². The summed E-state index contributed by atoms with van der Waals surface area (Å²) in [6.07, 6.45) is -0.513. The van der Waals surface area contributed by atoms with Crippen LogP contribution in [0.25, 0.3) is 0 Å². The minimum Gasteiger partial charge on any atom is -0.460 e. The summed E-state index contributed by atoms with van der Waals surface area (Å²) in [4.78, 5) is 39.2. The van der Waals surface area contributed by atoms with Gasteiger partial charge in [-0.2, -0.15) is 0 Å². The molecule has 0 saturated carbocycles. The largest absolute Gasteiger partial charge is 0.460 e. The average Bonchev–Trinajstić information content (AvgIpc) is 2.91. The first-order valence-corrected chi connectivity index (χ1v) is 15.7. The van der Waals surface area contributed by atoms with Gasteiger partial charge in [0.25, 0.3) is 11.8 Å². The molecular weight excluding hydrogens is 570 g/mol. The molecule has 3 atom stereocenters. The fourth-order valence-electron chi connectivity index (χ4n) is 4.37. The molecule has 0 radical (unpaired) electrons.